The van der Waals surface area contributed by atoms with Gasteiger partial charge in [0, 0.05) is 48.8 Å². The summed E-state index contributed by atoms with van der Waals surface area (Å²) in [6.45, 7) is 36.7. The highest BCUT2D eigenvalue weighted by molar-refractivity contribution is 5.79. The number of para-hydroxylation sites is 2. The van der Waals surface area contributed by atoms with Crippen molar-refractivity contribution >= 4 is 44.0 Å². The first-order chi connectivity index (χ1) is 27.8. The van der Waals surface area contributed by atoms with Gasteiger partial charge in [-0.3, -0.25) is 9.67 Å². The van der Waals surface area contributed by atoms with Crippen molar-refractivity contribution in [1.29, 1.82) is 0 Å². The highest BCUT2D eigenvalue weighted by atomic mass is 15.3. The van der Waals surface area contributed by atoms with Crippen molar-refractivity contribution in [1.82, 2.24) is 43.8 Å². The summed E-state index contributed by atoms with van der Waals surface area (Å²) in [5.74, 6) is 0. The summed E-state index contributed by atoms with van der Waals surface area (Å²) >= 11 is 0. The molecule has 6 heterocycles. The number of nitrogens with zero attached hydrogens (tertiary/aromatic N) is 9. The van der Waals surface area contributed by atoms with Crippen LogP contribution in [0.5, 0.6) is 0 Å². The second-order valence-electron chi connectivity index (χ2n) is 19.9. The molecule has 0 spiro atoms. The van der Waals surface area contributed by atoms with E-state index in [2.05, 4.69) is 175 Å². The van der Waals surface area contributed by atoms with Gasteiger partial charge in [0.15, 0.2) is 5.65 Å². The first-order valence-corrected chi connectivity index (χ1v) is 21.0. The number of aromatic nitrogens is 9. The van der Waals surface area contributed by atoms with Gasteiger partial charge in [-0.15, -0.1) is 0 Å². The van der Waals surface area contributed by atoms with Crippen molar-refractivity contribution in [3.63, 3.8) is 0 Å². The number of rotatable bonds is 0. The third-order valence-electron chi connectivity index (χ3n) is 6.63. The van der Waals surface area contributed by atoms with Gasteiger partial charge in [0.2, 0.25) is 0 Å². The molecule has 0 fully saturated rings. The molecule has 2 aromatic carbocycles. The van der Waals surface area contributed by atoms with Crippen LogP contribution in [-0.2, 0) is 19.6 Å². The van der Waals surface area contributed by atoms with E-state index in [9.17, 15) is 0 Å². The Labute approximate surface area is 362 Å². The van der Waals surface area contributed by atoms with Crippen LogP contribution in [0.4, 0.5) is 0 Å². The minimum absolute atomic E-state index is 0.0586. The predicted molar refractivity (Wildman–Crippen MR) is 260 cm³/mol. The van der Waals surface area contributed by atoms with Crippen LogP contribution in [0.2, 0.25) is 0 Å². The number of fused-ring (bicyclic) bond motifs is 4. The van der Waals surface area contributed by atoms with E-state index < -0.39 is 0 Å². The molecular formula is C51H77N9. The van der Waals surface area contributed by atoms with Crippen LogP contribution in [0.15, 0.2) is 123 Å². The third-order valence-corrected chi connectivity index (χ3v) is 6.63. The molecule has 6 aromatic heterocycles. The minimum Gasteiger partial charge on any atom is -0.336 e. The standard InChI is InChI=1S/C11H14N2.C9H7N.C8H8N2.C6H6N4.3C5H12.C2H6/c1-11(2,3)13-10-7-5-4-6-9(10)8-12-13;1-2-6-9-8(4-1)5-3-7-10-9;1-10-6-4-7-3-2-5-9-8(7)10;1-10-4-9-5-2-7-3-8-6(5)10;3*1-5(2,3)4;1-2/h4-8H,1-3H3;1-7H;2-6H,1H3;2-4H,1H3;3*1-4H3;1-2H3. The van der Waals surface area contributed by atoms with Gasteiger partial charge in [-0.1, -0.05) is 139 Å². The van der Waals surface area contributed by atoms with Crippen LogP contribution in [0.1, 0.15) is 118 Å². The Morgan fingerprint density at radius 1 is 0.450 bits per heavy atom. The average Bonchev–Trinajstić information content (AvgIpc) is 3.88. The van der Waals surface area contributed by atoms with Gasteiger partial charge in [-0.2, -0.15) is 5.10 Å². The van der Waals surface area contributed by atoms with Gasteiger partial charge in [-0.05, 0) is 73.4 Å². The number of hydrogen-bond acceptors (Lipinski definition) is 6. The van der Waals surface area contributed by atoms with Gasteiger partial charge in [0.05, 0.1) is 35.3 Å². The van der Waals surface area contributed by atoms with E-state index in [-0.39, 0.29) is 5.54 Å². The van der Waals surface area contributed by atoms with Gasteiger partial charge in [0.1, 0.15) is 17.5 Å². The van der Waals surface area contributed by atoms with E-state index in [4.69, 9.17) is 0 Å². The molecule has 0 saturated heterocycles. The molecule has 8 aromatic rings. The monoisotopic (exact) mass is 816 g/mol. The summed E-state index contributed by atoms with van der Waals surface area (Å²) in [7, 11) is 3.90. The molecule has 0 unspecified atom stereocenters. The smallest absolute Gasteiger partial charge is 0.162 e. The average molecular weight is 816 g/mol. The van der Waals surface area contributed by atoms with Gasteiger partial charge >= 0.3 is 0 Å². The molecule has 0 aliphatic heterocycles. The fraction of sp³-hybridized carbons (Fsp3) is 0.451. The molecule has 0 N–H and O–H groups in total. The quantitative estimate of drug-likeness (QED) is 0.151. The molecule has 0 saturated carbocycles. The summed E-state index contributed by atoms with van der Waals surface area (Å²) in [5, 5.41) is 7.99. The maximum atomic E-state index is 4.38. The van der Waals surface area contributed by atoms with Crippen LogP contribution >= 0.6 is 0 Å². The summed E-state index contributed by atoms with van der Waals surface area (Å²) in [6.07, 6.45) is 12.5. The Balaban J connectivity index is 0.000000358. The Kier molecular flexibility index (Phi) is 21.6. The maximum absolute atomic E-state index is 4.38. The molecule has 8 rings (SSSR count). The molecular weight excluding hydrogens is 739 g/mol. The van der Waals surface area contributed by atoms with E-state index in [0.717, 1.165) is 22.3 Å². The van der Waals surface area contributed by atoms with Crippen molar-refractivity contribution < 1.29 is 0 Å². The van der Waals surface area contributed by atoms with Crippen LogP contribution in [-0.4, -0.2) is 43.8 Å². The highest BCUT2D eigenvalue weighted by Crippen LogP contribution is 2.21. The first-order valence-electron chi connectivity index (χ1n) is 21.0. The fourth-order valence-corrected chi connectivity index (χ4v) is 4.50. The Morgan fingerprint density at radius 2 is 0.950 bits per heavy atom. The Morgan fingerprint density at radius 3 is 1.48 bits per heavy atom. The van der Waals surface area contributed by atoms with Crippen molar-refractivity contribution in [3.8, 4) is 0 Å². The van der Waals surface area contributed by atoms with Crippen molar-refractivity contribution in [2.45, 2.75) is 123 Å². The molecule has 9 nitrogen and oxygen atoms in total. The van der Waals surface area contributed by atoms with E-state index in [1.54, 1.807) is 12.5 Å². The highest BCUT2D eigenvalue weighted by Gasteiger charge is 2.15. The Bertz CT molecular complexity index is 2170. The lowest BCUT2D eigenvalue weighted by molar-refractivity contribution is 0.368. The number of hydrogen-bond donors (Lipinski definition) is 0. The van der Waals surface area contributed by atoms with Crippen molar-refractivity contribution in [3.05, 3.63) is 123 Å². The molecule has 60 heavy (non-hydrogen) atoms. The van der Waals surface area contributed by atoms with E-state index in [0.29, 0.717) is 16.2 Å². The molecule has 326 valence electrons. The third kappa shape index (κ3) is 22.6. The van der Waals surface area contributed by atoms with Crippen LogP contribution in [0, 0.1) is 16.2 Å². The predicted octanol–water partition coefficient (Wildman–Crippen LogP) is 14.1. The Hall–Kier alpha value is -5.44. The van der Waals surface area contributed by atoms with Crippen molar-refractivity contribution in [2.75, 3.05) is 0 Å². The summed E-state index contributed by atoms with van der Waals surface area (Å²) < 4.78 is 5.93. The van der Waals surface area contributed by atoms with Gasteiger partial charge in [-0.25, -0.2) is 19.9 Å². The molecule has 0 amide bonds. The fourth-order valence-electron chi connectivity index (χ4n) is 4.50. The van der Waals surface area contributed by atoms with Crippen LogP contribution < -0.4 is 0 Å². The molecule has 0 bridgehead atoms. The molecule has 0 aliphatic carbocycles. The van der Waals surface area contributed by atoms with Gasteiger partial charge < -0.3 is 9.13 Å². The van der Waals surface area contributed by atoms with E-state index in [1.807, 2.05) is 104 Å². The number of aryl methyl sites for hydroxylation is 2. The lowest BCUT2D eigenvalue weighted by atomic mass is 10.0. The number of pyridine rings is 2. The molecule has 0 aliphatic rings. The topological polar surface area (TPSA) is 92.1 Å². The maximum Gasteiger partial charge on any atom is 0.162 e. The largest absolute Gasteiger partial charge is 0.336 e. The summed E-state index contributed by atoms with van der Waals surface area (Å²) in [6, 6.07) is 26.4. The second-order valence-corrected chi connectivity index (χ2v) is 19.9. The summed E-state index contributed by atoms with van der Waals surface area (Å²) in [5.41, 5.74) is 6.57. The zero-order valence-electron chi connectivity index (χ0n) is 40.6. The number of imidazole rings is 1. The molecule has 9 heteroatoms. The SMILES string of the molecule is CC.CC(C)(C)C.CC(C)(C)C.CC(C)(C)C.CC(C)(C)n1ncc2ccccc21.Cn1ccc2cccnc21.Cn1cnc2cncnc21.c1ccc2ncccc2c1. The van der Waals surface area contributed by atoms with Gasteiger partial charge in [0.25, 0.3) is 0 Å². The normalized spacial score (nSPS) is 10.9. The summed E-state index contributed by atoms with van der Waals surface area (Å²) in [4.78, 5) is 20.3. The second kappa shape index (κ2) is 24.6. The first kappa shape index (κ1) is 52.6. The number of benzene rings is 2. The zero-order chi connectivity index (χ0) is 45.7. The zero-order valence-corrected chi connectivity index (χ0v) is 40.6. The van der Waals surface area contributed by atoms with E-state index in [1.165, 1.54) is 28.0 Å². The lowest BCUT2D eigenvalue weighted by Gasteiger charge is -2.20. The lowest BCUT2D eigenvalue weighted by Crippen LogP contribution is -2.22. The van der Waals surface area contributed by atoms with E-state index >= 15 is 0 Å². The van der Waals surface area contributed by atoms with Crippen LogP contribution in [0.3, 0.4) is 0 Å². The minimum atomic E-state index is 0.0586. The van der Waals surface area contributed by atoms with Crippen LogP contribution in [0.25, 0.3) is 44.0 Å². The van der Waals surface area contributed by atoms with Crippen molar-refractivity contribution in [2.24, 2.45) is 30.3 Å². The molecule has 0 radical (unpaired) electrons. The molecule has 0 atom stereocenters.